The molecule has 0 aliphatic heterocycles. The molecular weight excluding hydrogens is 328 g/mol. The van der Waals surface area contributed by atoms with Gasteiger partial charge >= 0.3 is 0 Å². The van der Waals surface area contributed by atoms with Gasteiger partial charge in [-0.1, -0.05) is 29.8 Å². The van der Waals surface area contributed by atoms with Crippen molar-refractivity contribution < 1.29 is 9.21 Å². The van der Waals surface area contributed by atoms with E-state index in [4.69, 9.17) is 4.42 Å². The zero-order chi connectivity index (χ0) is 18.7. The summed E-state index contributed by atoms with van der Waals surface area (Å²) in [6, 6.07) is 8.06. The van der Waals surface area contributed by atoms with E-state index in [0.29, 0.717) is 30.2 Å². The van der Waals surface area contributed by atoms with Gasteiger partial charge in [0.25, 0.3) is 0 Å². The Bertz CT molecular complexity index is 885. The second kappa shape index (κ2) is 7.15. The molecule has 0 radical (unpaired) electrons. The fourth-order valence-electron chi connectivity index (χ4n) is 2.48. The summed E-state index contributed by atoms with van der Waals surface area (Å²) in [6.07, 6.45) is 5.94. The van der Waals surface area contributed by atoms with Crippen molar-refractivity contribution in [2.24, 2.45) is 0 Å². The average molecular weight is 352 g/mol. The number of nitrogens with one attached hydrogen (secondary N) is 1. The first-order valence-electron chi connectivity index (χ1n) is 8.68. The van der Waals surface area contributed by atoms with E-state index in [1.54, 1.807) is 12.4 Å². The van der Waals surface area contributed by atoms with Gasteiger partial charge in [0, 0.05) is 24.6 Å². The molecule has 0 aliphatic rings. The van der Waals surface area contributed by atoms with Gasteiger partial charge in [-0.15, -0.1) is 0 Å². The molecule has 3 aromatic rings. The first kappa shape index (κ1) is 17.9. The Morgan fingerprint density at radius 2 is 1.92 bits per heavy atom. The largest absolute Gasteiger partial charge is 0.441 e. The van der Waals surface area contributed by atoms with Gasteiger partial charge in [-0.2, -0.15) is 5.10 Å². The lowest BCUT2D eigenvalue weighted by molar-refractivity contribution is -0.116. The van der Waals surface area contributed by atoms with Gasteiger partial charge in [0.15, 0.2) is 11.7 Å². The van der Waals surface area contributed by atoms with E-state index in [-0.39, 0.29) is 11.4 Å². The van der Waals surface area contributed by atoms with Gasteiger partial charge in [-0.3, -0.25) is 9.48 Å². The molecule has 1 amide bonds. The third kappa shape index (κ3) is 4.39. The predicted molar refractivity (Wildman–Crippen MR) is 101 cm³/mol. The molecule has 1 N–H and O–H groups in total. The van der Waals surface area contributed by atoms with E-state index < -0.39 is 0 Å². The number of rotatable bonds is 5. The number of nitrogens with zero attached hydrogens (tertiary/aromatic N) is 3. The van der Waals surface area contributed by atoms with Gasteiger partial charge in [0.05, 0.1) is 23.6 Å². The number of benzene rings is 1. The Labute approximate surface area is 153 Å². The molecule has 0 aliphatic carbocycles. The molecule has 6 nitrogen and oxygen atoms in total. The van der Waals surface area contributed by atoms with Crippen LogP contribution in [0.2, 0.25) is 0 Å². The van der Waals surface area contributed by atoms with Crippen LogP contribution in [0.5, 0.6) is 0 Å². The number of hydrogen-bond acceptors (Lipinski definition) is 4. The van der Waals surface area contributed by atoms with Gasteiger partial charge in [0.2, 0.25) is 5.91 Å². The molecule has 26 heavy (non-hydrogen) atoms. The Morgan fingerprint density at radius 3 is 2.58 bits per heavy atom. The molecule has 0 bridgehead atoms. The van der Waals surface area contributed by atoms with Crippen LogP contribution in [0.15, 0.2) is 47.3 Å². The highest BCUT2D eigenvalue weighted by Crippen LogP contribution is 2.21. The van der Waals surface area contributed by atoms with E-state index in [1.165, 1.54) is 5.56 Å². The van der Waals surface area contributed by atoms with E-state index in [9.17, 15) is 4.79 Å². The van der Waals surface area contributed by atoms with Crippen molar-refractivity contribution in [1.82, 2.24) is 14.8 Å². The van der Waals surface area contributed by atoms with Gasteiger partial charge in [-0.25, -0.2) is 4.98 Å². The highest BCUT2D eigenvalue weighted by molar-refractivity contribution is 5.90. The highest BCUT2D eigenvalue weighted by Gasteiger charge is 2.15. The van der Waals surface area contributed by atoms with Crippen LogP contribution in [0.3, 0.4) is 0 Å². The Hall–Kier alpha value is -2.89. The normalized spacial score (nSPS) is 11.5. The van der Waals surface area contributed by atoms with Crippen LogP contribution in [0, 0.1) is 6.92 Å². The number of oxazole rings is 1. The van der Waals surface area contributed by atoms with Crippen LogP contribution in [-0.2, 0) is 16.8 Å². The number of aromatic nitrogens is 3. The van der Waals surface area contributed by atoms with Crippen LogP contribution in [-0.4, -0.2) is 20.7 Å². The average Bonchev–Trinajstić information content (AvgIpc) is 3.22. The summed E-state index contributed by atoms with van der Waals surface area (Å²) in [4.78, 5) is 16.4. The van der Waals surface area contributed by atoms with Gasteiger partial charge < -0.3 is 9.73 Å². The summed E-state index contributed by atoms with van der Waals surface area (Å²) in [7, 11) is 0. The molecule has 1 aromatic carbocycles. The first-order valence-corrected chi connectivity index (χ1v) is 8.68. The molecular formula is C20H24N4O2. The quantitative estimate of drug-likeness (QED) is 0.748. The molecule has 2 heterocycles. The molecule has 0 saturated heterocycles. The monoisotopic (exact) mass is 352 g/mol. The second-order valence-corrected chi connectivity index (χ2v) is 7.38. The van der Waals surface area contributed by atoms with E-state index >= 15 is 0 Å². The number of amides is 1. The van der Waals surface area contributed by atoms with Crippen LogP contribution in [0.4, 0.5) is 5.69 Å². The Kier molecular flexibility index (Phi) is 4.93. The first-order chi connectivity index (χ1) is 12.3. The van der Waals surface area contributed by atoms with Crippen molar-refractivity contribution in [2.75, 3.05) is 5.32 Å². The molecule has 0 fully saturated rings. The maximum Gasteiger partial charge on any atom is 0.224 e. The number of hydrogen-bond donors (Lipinski definition) is 1. The smallest absolute Gasteiger partial charge is 0.224 e. The standard InChI is InChI=1S/C20H24N4O2/c1-14-5-7-15(8-6-14)17-12-21-19(26-17)10-9-18(25)23-16-11-22-24(13-16)20(2,3)4/h5-8,11-13H,9-10H2,1-4H3,(H,23,25). The maximum absolute atomic E-state index is 12.1. The van der Waals surface area contributed by atoms with Crippen LogP contribution < -0.4 is 5.32 Å². The summed E-state index contributed by atoms with van der Waals surface area (Å²) in [5.74, 6) is 1.18. The summed E-state index contributed by atoms with van der Waals surface area (Å²) in [5, 5.41) is 7.13. The van der Waals surface area contributed by atoms with Crippen molar-refractivity contribution in [2.45, 2.75) is 46.1 Å². The zero-order valence-electron chi connectivity index (χ0n) is 15.6. The SMILES string of the molecule is Cc1ccc(-c2cnc(CCC(=O)Nc3cnn(C(C)(C)C)c3)o2)cc1. The summed E-state index contributed by atoms with van der Waals surface area (Å²) in [5.41, 5.74) is 2.75. The lowest BCUT2D eigenvalue weighted by Gasteiger charge is -2.18. The molecule has 0 atom stereocenters. The number of carbonyl (C=O) groups excluding carboxylic acids is 1. The molecule has 0 unspecified atom stereocenters. The Balaban J connectivity index is 1.55. The van der Waals surface area contributed by atoms with Crippen molar-refractivity contribution in [1.29, 1.82) is 0 Å². The zero-order valence-corrected chi connectivity index (χ0v) is 15.6. The van der Waals surface area contributed by atoms with E-state index in [0.717, 1.165) is 5.56 Å². The number of aryl methyl sites for hydroxylation is 2. The second-order valence-electron chi connectivity index (χ2n) is 7.38. The predicted octanol–water partition coefficient (Wildman–Crippen LogP) is 4.17. The minimum Gasteiger partial charge on any atom is -0.441 e. The summed E-state index contributed by atoms with van der Waals surface area (Å²) in [6.45, 7) is 8.21. The molecule has 136 valence electrons. The lowest BCUT2D eigenvalue weighted by Crippen LogP contribution is -2.22. The fourth-order valence-corrected chi connectivity index (χ4v) is 2.48. The van der Waals surface area contributed by atoms with Crippen LogP contribution >= 0.6 is 0 Å². The lowest BCUT2D eigenvalue weighted by atomic mass is 10.1. The maximum atomic E-state index is 12.1. The van der Waals surface area contributed by atoms with Crippen molar-refractivity contribution in [3.63, 3.8) is 0 Å². The molecule has 0 saturated carbocycles. The third-order valence-electron chi connectivity index (χ3n) is 4.01. The van der Waals surface area contributed by atoms with Crippen molar-refractivity contribution >= 4 is 11.6 Å². The highest BCUT2D eigenvalue weighted by atomic mass is 16.4. The summed E-state index contributed by atoms with van der Waals surface area (Å²) >= 11 is 0. The number of anilines is 1. The number of carbonyl (C=O) groups is 1. The van der Waals surface area contributed by atoms with Crippen molar-refractivity contribution in [3.8, 4) is 11.3 Å². The van der Waals surface area contributed by atoms with Crippen molar-refractivity contribution in [3.05, 3.63) is 54.3 Å². The van der Waals surface area contributed by atoms with Gasteiger partial charge in [0.1, 0.15) is 0 Å². The molecule has 6 heteroatoms. The van der Waals surface area contributed by atoms with Crippen LogP contribution in [0.1, 0.15) is 38.6 Å². The van der Waals surface area contributed by atoms with E-state index in [2.05, 4.69) is 36.2 Å². The topological polar surface area (TPSA) is 73.0 Å². The third-order valence-corrected chi connectivity index (χ3v) is 4.01. The minimum atomic E-state index is -0.118. The summed E-state index contributed by atoms with van der Waals surface area (Å²) < 4.78 is 7.58. The molecule has 0 spiro atoms. The molecule has 3 rings (SSSR count). The van der Waals surface area contributed by atoms with Gasteiger partial charge in [-0.05, 0) is 27.7 Å². The Morgan fingerprint density at radius 1 is 1.19 bits per heavy atom. The molecule has 2 aromatic heterocycles. The fraction of sp³-hybridized carbons (Fsp3) is 0.350. The van der Waals surface area contributed by atoms with Crippen LogP contribution in [0.25, 0.3) is 11.3 Å². The minimum absolute atomic E-state index is 0.0893. The van der Waals surface area contributed by atoms with E-state index in [1.807, 2.05) is 42.1 Å².